The van der Waals surface area contributed by atoms with Gasteiger partial charge in [-0.25, -0.2) is 8.42 Å². The zero-order valence-electron chi connectivity index (χ0n) is 17.3. The summed E-state index contributed by atoms with van der Waals surface area (Å²) in [5.74, 6) is 0.705. The molecule has 0 aliphatic carbocycles. The first kappa shape index (κ1) is 22.3. The number of likely N-dealkylation sites (N-methyl/N-ethyl adjacent to an activating group) is 1. The number of fused-ring (bicyclic) bond motifs is 1. The van der Waals surface area contributed by atoms with Gasteiger partial charge in [0.1, 0.15) is 15.6 Å². The molecule has 1 amide bonds. The Hall–Kier alpha value is -1.91. The summed E-state index contributed by atoms with van der Waals surface area (Å²) in [4.78, 5) is 16.5. The van der Waals surface area contributed by atoms with E-state index < -0.39 is 10.0 Å². The van der Waals surface area contributed by atoms with Crippen LogP contribution in [0.4, 0.5) is 0 Å². The summed E-state index contributed by atoms with van der Waals surface area (Å²) in [6.07, 6.45) is 0. The van der Waals surface area contributed by atoms with Gasteiger partial charge < -0.3 is 9.32 Å². The van der Waals surface area contributed by atoms with E-state index in [-0.39, 0.29) is 22.7 Å². The standard InChI is InChI=1S/C21H24ClN3O4S2/c1-15(18-13-16-5-3-4-6-17(16)29-18)23(2)20(26)14-24-9-11-25(12-10-24)31(27,28)21-8-7-19(22)30-21/h3-8,13,15H,9-12,14H2,1-2H3. The summed E-state index contributed by atoms with van der Waals surface area (Å²) in [7, 11) is -1.77. The number of halogens is 1. The quantitative estimate of drug-likeness (QED) is 0.537. The maximum atomic E-state index is 12.8. The molecule has 4 rings (SSSR count). The lowest BCUT2D eigenvalue weighted by Gasteiger charge is -2.34. The molecule has 1 aliphatic rings. The Morgan fingerprint density at radius 2 is 1.90 bits per heavy atom. The zero-order valence-corrected chi connectivity index (χ0v) is 19.7. The van der Waals surface area contributed by atoms with Crippen molar-refractivity contribution in [3.8, 4) is 0 Å². The van der Waals surface area contributed by atoms with E-state index in [1.54, 1.807) is 18.0 Å². The number of hydrogen-bond acceptors (Lipinski definition) is 6. The van der Waals surface area contributed by atoms with Gasteiger partial charge in [0.15, 0.2) is 0 Å². The fourth-order valence-electron chi connectivity index (χ4n) is 3.61. The van der Waals surface area contributed by atoms with Gasteiger partial charge >= 0.3 is 0 Å². The summed E-state index contributed by atoms with van der Waals surface area (Å²) in [6, 6.07) is 12.6. The van der Waals surface area contributed by atoms with Crippen LogP contribution in [0.2, 0.25) is 4.34 Å². The first-order valence-corrected chi connectivity index (χ1v) is 12.6. The van der Waals surface area contributed by atoms with Crippen LogP contribution in [0.5, 0.6) is 0 Å². The van der Waals surface area contributed by atoms with E-state index in [2.05, 4.69) is 0 Å². The van der Waals surface area contributed by atoms with Crippen molar-refractivity contribution >= 4 is 49.8 Å². The number of carbonyl (C=O) groups excluding carboxylic acids is 1. The minimum atomic E-state index is -3.54. The topological polar surface area (TPSA) is 74.1 Å². The Morgan fingerprint density at radius 1 is 1.19 bits per heavy atom. The Labute approximate surface area is 190 Å². The van der Waals surface area contributed by atoms with Crippen LogP contribution in [-0.4, -0.2) is 68.2 Å². The van der Waals surface area contributed by atoms with Crippen molar-refractivity contribution in [2.75, 3.05) is 39.8 Å². The lowest BCUT2D eigenvalue weighted by molar-refractivity contribution is -0.133. The third-order valence-electron chi connectivity index (χ3n) is 5.66. The Balaban J connectivity index is 1.34. The van der Waals surface area contributed by atoms with Gasteiger partial charge in [-0.05, 0) is 31.2 Å². The molecule has 1 saturated heterocycles. The molecule has 0 N–H and O–H groups in total. The molecule has 0 spiro atoms. The molecule has 1 aromatic carbocycles. The monoisotopic (exact) mass is 481 g/mol. The summed E-state index contributed by atoms with van der Waals surface area (Å²) in [6.45, 7) is 3.85. The number of para-hydroxylation sites is 1. The van der Waals surface area contributed by atoms with Crippen LogP contribution in [0.25, 0.3) is 11.0 Å². The smallest absolute Gasteiger partial charge is 0.252 e. The average Bonchev–Trinajstić information content (AvgIpc) is 3.39. The predicted octanol–water partition coefficient (Wildman–Crippen LogP) is 3.67. The van der Waals surface area contributed by atoms with Crippen molar-refractivity contribution in [3.63, 3.8) is 0 Å². The van der Waals surface area contributed by atoms with E-state index in [4.69, 9.17) is 16.0 Å². The fourth-order valence-corrected chi connectivity index (χ4v) is 6.67. The van der Waals surface area contributed by atoms with Gasteiger partial charge in [0, 0.05) is 38.6 Å². The number of nitrogens with zero attached hydrogens (tertiary/aromatic N) is 3. The second kappa shape index (κ2) is 8.91. The van der Waals surface area contributed by atoms with E-state index in [1.807, 2.05) is 42.2 Å². The van der Waals surface area contributed by atoms with Gasteiger partial charge in [0.25, 0.3) is 10.0 Å². The number of furan rings is 1. The lowest BCUT2D eigenvalue weighted by Crippen LogP contribution is -2.51. The second-order valence-corrected chi connectivity index (χ2v) is 11.5. The molecular formula is C21H24ClN3O4S2. The summed E-state index contributed by atoms with van der Waals surface area (Å²) < 4.78 is 33.5. The van der Waals surface area contributed by atoms with Gasteiger partial charge in [-0.15, -0.1) is 11.3 Å². The van der Waals surface area contributed by atoms with Crippen LogP contribution in [0.3, 0.4) is 0 Å². The van der Waals surface area contributed by atoms with Gasteiger partial charge in [0.2, 0.25) is 5.91 Å². The van der Waals surface area contributed by atoms with Crippen molar-refractivity contribution in [1.82, 2.24) is 14.1 Å². The number of sulfonamides is 1. The van der Waals surface area contributed by atoms with Gasteiger partial charge in [-0.2, -0.15) is 4.31 Å². The number of benzene rings is 1. The van der Waals surface area contributed by atoms with Crippen molar-refractivity contribution in [1.29, 1.82) is 0 Å². The molecule has 166 valence electrons. The number of amides is 1. The first-order valence-electron chi connectivity index (χ1n) is 9.97. The largest absolute Gasteiger partial charge is 0.459 e. The van der Waals surface area contributed by atoms with Crippen LogP contribution in [0.1, 0.15) is 18.7 Å². The molecule has 1 unspecified atom stereocenters. The molecule has 2 aromatic heterocycles. The molecule has 0 bridgehead atoms. The Kier molecular flexibility index (Phi) is 6.41. The molecule has 31 heavy (non-hydrogen) atoms. The number of piperazine rings is 1. The second-order valence-electron chi connectivity index (χ2n) is 7.61. The van der Waals surface area contributed by atoms with Crippen LogP contribution in [0, 0.1) is 0 Å². The van der Waals surface area contributed by atoms with E-state index in [9.17, 15) is 13.2 Å². The number of carbonyl (C=O) groups is 1. The first-order chi connectivity index (χ1) is 14.8. The molecule has 1 fully saturated rings. The fraction of sp³-hybridized carbons (Fsp3) is 0.381. The van der Waals surface area contributed by atoms with E-state index >= 15 is 0 Å². The molecular weight excluding hydrogens is 458 g/mol. The van der Waals surface area contributed by atoms with E-state index in [0.29, 0.717) is 30.5 Å². The normalized spacial score (nSPS) is 17.1. The van der Waals surface area contributed by atoms with Gasteiger partial charge in [-0.1, -0.05) is 29.8 Å². The molecule has 7 nitrogen and oxygen atoms in total. The highest BCUT2D eigenvalue weighted by Crippen LogP contribution is 2.29. The van der Waals surface area contributed by atoms with Crippen LogP contribution < -0.4 is 0 Å². The number of hydrogen-bond donors (Lipinski definition) is 0. The van der Waals surface area contributed by atoms with Gasteiger partial charge in [0.05, 0.1) is 16.9 Å². The Morgan fingerprint density at radius 3 is 2.55 bits per heavy atom. The SMILES string of the molecule is CC(c1cc2ccccc2o1)N(C)C(=O)CN1CCN(S(=O)(=O)c2ccc(Cl)s2)CC1. The molecule has 10 heteroatoms. The third kappa shape index (κ3) is 4.65. The maximum Gasteiger partial charge on any atom is 0.252 e. The van der Waals surface area contributed by atoms with E-state index in [1.165, 1.54) is 10.4 Å². The summed E-state index contributed by atoms with van der Waals surface area (Å²) in [5.41, 5.74) is 0.801. The number of rotatable bonds is 6. The van der Waals surface area contributed by atoms with Crippen molar-refractivity contribution in [2.24, 2.45) is 0 Å². The highest BCUT2D eigenvalue weighted by Gasteiger charge is 2.31. The minimum absolute atomic E-state index is 0.0331. The maximum absolute atomic E-state index is 12.8. The summed E-state index contributed by atoms with van der Waals surface area (Å²) in [5, 5.41) is 1.01. The van der Waals surface area contributed by atoms with Gasteiger partial charge in [-0.3, -0.25) is 9.69 Å². The van der Waals surface area contributed by atoms with Crippen molar-refractivity contribution in [3.05, 3.63) is 52.6 Å². The highest BCUT2D eigenvalue weighted by molar-refractivity contribution is 7.91. The van der Waals surface area contributed by atoms with E-state index in [0.717, 1.165) is 28.1 Å². The summed E-state index contributed by atoms with van der Waals surface area (Å²) >= 11 is 6.95. The zero-order chi connectivity index (χ0) is 22.2. The predicted molar refractivity (Wildman–Crippen MR) is 122 cm³/mol. The average molecular weight is 482 g/mol. The van der Waals surface area contributed by atoms with Crippen LogP contribution in [0.15, 0.2) is 51.1 Å². The van der Waals surface area contributed by atoms with Crippen LogP contribution >= 0.6 is 22.9 Å². The third-order valence-corrected chi connectivity index (χ3v) is 9.26. The van der Waals surface area contributed by atoms with Crippen molar-refractivity contribution in [2.45, 2.75) is 17.2 Å². The molecule has 0 saturated carbocycles. The highest BCUT2D eigenvalue weighted by atomic mass is 35.5. The Bertz CT molecular complexity index is 1150. The molecule has 1 aliphatic heterocycles. The molecule has 1 atom stereocenters. The van der Waals surface area contributed by atoms with Crippen molar-refractivity contribution < 1.29 is 17.6 Å². The molecule has 3 heterocycles. The number of thiophene rings is 1. The molecule has 3 aromatic rings. The molecule has 0 radical (unpaired) electrons. The lowest BCUT2D eigenvalue weighted by atomic mass is 10.2. The van der Waals surface area contributed by atoms with Crippen LogP contribution in [-0.2, 0) is 14.8 Å². The minimum Gasteiger partial charge on any atom is -0.459 e.